The van der Waals surface area contributed by atoms with Crippen LogP contribution in [0.5, 0.6) is 0 Å². The molecule has 0 spiro atoms. The molecule has 0 bridgehead atoms. The number of rotatable bonds is 4. The highest BCUT2D eigenvalue weighted by atomic mass is 19.4. The number of pyridine rings is 1. The standard InChI is InChI=1S/C21H16F3N5O/c22-21(23,24)14-4-2-5-16(9-14)29-19(25)10-15(28-29)11-20(30)27-18-6-1-3-13-12-26-8-7-17(13)18/h1-10,12H,11,25H2,(H,27,30). The summed E-state index contributed by atoms with van der Waals surface area (Å²) in [7, 11) is 0. The zero-order chi connectivity index (χ0) is 21.3. The number of nitrogen functional groups attached to an aromatic ring is 1. The smallest absolute Gasteiger partial charge is 0.384 e. The van der Waals surface area contributed by atoms with Crippen LogP contribution in [0.15, 0.2) is 67.0 Å². The van der Waals surface area contributed by atoms with Crippen molar-refractivity contribution >= 4 is 28.2 Å². The fourth-order valence-electron chi connectivity index (χ4n) is 3.14. The molecule has 4 aromatic rings. The van der Waals surface area contributed by atoms with Crippen LogP contribution in [0.3, 0.4) is 0 Å². The molecule has 0 radical (unpaired) electrons. The number of halogens is 3. The lowest BCUT2D eigenvalue weighted by atomic mass is 10.1. The van der Waals surface area contributed by atoms with E-state index in [-0.39, 0.29) is 23.8 Å². The van der Waals surface area contributed by atoms with Crippen LogP contribution in [0, 0.1) is 0 Å². The molecule has 4 rings (SSSR count). The van der Waals surface area contributed by atoms with Crippen LogP contribution >= 0.6 is 0 Å². The average molecular weight is 411 g/mol. The van der Waals surface area contributed by atoms with Crippen LogP contribution in [0.2, 0.25) is 0 Å². The van der Waals surface area contributed by atoms with Gasteiger partial charge in [-0.05, 0) is 30.3 Å². The summed E-state index contributed by atoms with van der Waals surface area (Å²) in [6.07, 6.45) is -1.23. The van der Waals surface area contributed by atoms with Gasteiger partial charge in [0.25, 0.3) is 0 Å². The lowest BCUT2D eigenvalue weighted by molar-refractivity contribution is -0.137. The van der Waals surface area contributed by atoms with Gasteiger partial charge in [-0.3, -0.25) is 9.78 Å². The van der Waals surface area contributed by atoms with E-state index in [0.29, 0.717) is 11.4 Å². The van der Waals surface area contributed by atoms with Crippen LogP contribution in [0.25, 0.3) is 16.5 Å². The van der Waals surface area contributed by atoms with Crippen molar-refractivity contribution in [3.63, 3.8) is 0 Å². The third kappa shape index (κ3) is 3.95. The van der Waals surface area contributed by atoms with Gasteiger partial charge in [0.15, 0.2) is 0 Å². The molecule has 2 heterocycles. The van der Waals surface area contributed by atoms with Crippen molar-refractivity contribution in [2.75, 3.05) is 11.1 Å². The first-order chi connectivity index (χ1) is 14.3. The number of benzene rings is 2. The Kier molecular flexibility index (Phi) is 4.86. The Morgan fingerprint density at radius 1 is 1.10 bits per heavy atom. The monoisotopic (exact) mass is 411 g/mol. The number of nitrogens with two attached hydrogens (primary N) is 1. The molecular formula is C21H16F3N5O. The van der Waals surface area contributed by atoms with Crippen LogP contribution in [-0.4, -0.2) is 20.7 Å². The molecule has 0 aliphatic rings. The Labute approximate surface area is 169 Å². The SMILES string of the molecule is Nc1cc(CC(=O)Nc2cccc3cnccc23)nn1-c1cccc(C(F)(F)F)c1. The lowest BCUT2D eigenvalue weighted by Crippen LogP contribution is -2.15. The number of amides is 1. The molecule has 2 aromatic heterocycles. The number of hydrogen-bond donors (Lipinski definition) is 2. The van der Waals surface area contributed by atoms with Crippen LogP contribution in [0.4, 0.5) is 24.7 Å². The summed E-state index contributed by atoms with van der Waals surface area (Å²) in [5.41, 5.74) is 6.24. The first kappa shape index (κ1) is 19.4. The predicted octanol–water partition coefficient (Wildman–Crippen LogP) is 4.20. The van der Waals surface area contributed by atoms with Gasteiger partial charge in [0.1, 0.15) is 5.82 Å². The minimum Gasteiger partial charge on any atom is -0.384 e. The van der Waals surface area contributed by atoms with Gasteiger partial charge in [-0.25, -0.2) is 4.68 Å². The topological polar surface area (TPSA) is 85.8 Å². The van der Waals surface area contributed by atoms with E-state index in [1.165, 1.54) is 22.9 Å². The van der Waals surface area contributed by atoms with E-state index < -0.39 is 11.7 Å². The van der Waals surface area contributed by atoms with E-state index in [9.17, 15) is 18.0 Å². The van der Waals surface area contributed by atoms with Crippen molar-refractivity contribution in [1.82, 2.24) is 14.8 Å². The first-order valence-electron chi connectivity index (χ1n) is 8.96. The van der Waals surface area contributed by atoms with E-state index in [1.807, 2.05) is 6.07 Å². The zero-order valence-corrected chi connectivity index (χ0v) is 15.5. The number of fused-ring (bicyclic) bond motifs is 1. The second kappa shape index (κ2) is 7.51. The number of anilines is 2. The van der Waals surface area contributed by atoms with Gasteiger partial charge in [-0.1, -0.05) is 18.2 Å². The number of carbonyl (C=O) groups excluding carboxylic acids is 1. The third-order valence-electron chi connectivity index (χ3n) is 4.50. The molecule has 1 amide bonds. The Balaban J connectivity index is 1.55. The molecule has 2 aromatic carbocycles. The summed E-state index contributed by atoms with van der Waals surface area (Å²) in [6, 6.07) is 13.4. The molecule has 152 valence electrons. The molecule has 3 N–H and O–H groups in total. The van der Waals surface area contributed by atoms with Crippen molar-refractivity contribution in [1.29, 1.82) is 0 Å². The van der Waals surface area contributed by atoms with Crippen LogP contribution in [-0.2, 0) is 17.4 Å². The number of aromatic nitrogens is 3. The lowest BCUT2D eigenvalue weighted by Gasteiger charge is -2.09. The molecule has 0 saturated heterocycles. The predicted molar refractivity (Wildman–Crippen MR) is 107 cm³/mol. The summed E-state index contributed by atoms with van der Waals surface area (Å²) in [5, 5.41) is 8.75. The number of hydrogen-bond acceptors (Lipinski definition) is 4. The van der Waals surface area contributed by atoms with Gasteiger partial charge in [0.05, 0.1) is 23.4 Å². The normalized spacial score (nSPS) is 11.6. The van der Waals surface area contributed by atoms with Gasteiger partial charge in [-0.2, -0.15) is 18.3 Å². The summed E-state index contributed by atoms with van der Waals surface area (Å²) in [5.74, 6) is -0.193. The number of nitrogens with zero attached hydrogens (tertiary/aromatic N) is 3. The molecular weight excluding hydrogens is 395 g/mol. The Morgan fingerprint density at radius 2 is 1.90 bits per heavy atom. The minimum atomic E-state index is -4.48. The Hall–Kier alpha value is -3.88. The molecule has 0 aliphatic carbocycles. The molecule has 6 nitrogen and oxygen atoms in total. The minimum absolute atomic E-state index is 0.0857. The summed E-state index contributed by atoms with van der Waals surface area (Å²) in [4.78, 5) is 16.6. The second-order valence-corrected chi connectivity index (χ2v) is 6.65. The van der Waals surface area contributed by atoms with Crippen molar-refractivity contribution in [3.05, 3.63) is 78.2 Å². The fourth-order valence-corrected chi connectivity index (χ4v) is 3.14. The molecule has 0 aliphatic heterocycles. The zero-order valence-electron chi connectivity index (χ0n) is 15.5. The molecule has 0 unspecified atom stereocenters. The van der Waals surface area contributed by atoms with Crippen molar-refractivity contribution in [2.24, 2.45) is 0 Å². The fraction of sp³-hybridized carbons (Fsp3) is 0.0952. The molecule has 0 saturated carbocycles. The second-order valence-electron chi connectivity index (χ2n) is 6.65. The highest BCUT2D eigenvalue weighted by Gasteiger charge is 2.30. The summed E-state index contributed by atoms with van der Waals surface area (Å²) < 4.78 is 40.1. The molecule has 9 heteroatoms. The number of nitrogens with one attached hydrogen (secondary N) is 1. The maximum Gasteiger partial charge on any atom is 0.416 e. The number of alkyl halides is 3. The number of carbonyl (C=O) groups is 1. The summed E-state index contributed by atoms with van der Waals surface area (Å²) >= 11 is 0. The Morgan fingerprint density at radius 3 is 2.70 bits per heavy atom. The van der Waals surface area contributed by atoms with Gasteiger partial charge in [-0.15, -0.1) is 0 Å². The van der Waals surface area contributed by atoms with Crippen molar-refractivity contribution in [3.8, 4) is 5.69 Å². The van der Waals surface area contributed by atoms with Gasteiger partial charge in [0.2, 0.25) is 5.91 Å². The largest absolute Gasteiger partial charge is 0.416 e. The van der Waals surface area contributed by atoms with Crippen LogP contribution in [0.1, 0.15) is 11.3 Å². The van der Waals surface area contributed by atoms with E-state index in [1.54, 1.807) is 30.6 Å². The van der Waals surface area contributed by atoms with Crippen LogP contribution < -0.4 is 11.1 Å². The van der Waals surface area contributed by atoms with E-state index in [4.69, 9.17) is 5.73 Å². The highest BCUT2D eigenvalue weighted by Crippen LogP contribution is 2.30. The highest BCUT2D eigenvalue weighted by molar-refractivity contribution is 6.02. The molecule has 30 heavy (non-hydrogen) atoms. The van der Waals surface area contributed by atoms with Crippen molar-refractivity contribution in [2.45, 2.75) is 12.6 Å². The summed E-state index contributed by atoms with van der Waals surface area (Å²) in [6.45, 7) is 0. The van der Waals surface area contributed by atoms with E-state index >= 15 is 0 Å². The molecule has 0 fully saturated rings. The van der Waals surface area contributed by atoms with Gasteiger partial charge >= 0.3 is 6.18 Å². The maximum atomic E-state index is 13.0. The van der Waals surface area contributed by atoms with E-state index in [2.05, 4.69) is 15.4 Å². The van der Waals surface area contributed by atoms with Crippen molar-refractivity contribution < 1.29 is 18.0 Å². The Bertz CT molecular complexity index is 1230. The molecule has 0 atom stereocenters. The van der Waals surface area contributed by atoms with Gasteiger partial charge in [0, 0.05) is 34.9 Å². The quantitative estimate of drug-likeness (QED) is 0.527. The third-order valence-corrected chi connectivity index (χ3v) is 4.50. The first-order valence-corrected chi connectivity index (χ1v) is 8.96. The average Bonchev–Trinajstić information content (AvgIpc) is 3.07. The van der Waals surface area contributed by atoms with Gasteiger partial charge < -0.3 is 11.1 Å². The van der Waals surface area contributed by atoms with E-state index in [0.717, 1.165) is 22.9 Å². The maximum absolute atomic E-state index is 13.0.